The molecule has 19 heavy (non-hydrogen) atoms. The van der Waals surface area contributed by atoms with Gasteiger partial charge in [-0.2, -0.15) is 0 Å². The molecule has 0 amide bonds. The minimum atomic E-state index is -0.0615. The molecule has 1 atom stereocenters. The average molecular weight is 263 g/mol. The second kappa shape index (κ2) is 5.14. The first-order valence-corrected chi connectivity index (χ1v) is 6.49. The Morgan fingerprint density at radius 2 is 2.32 bits per heavy atom. The van der Waals surface area contributed by atoms with Crippen LogP contribution in [0.5, 0.6) is 0 Å². The largest absolute Gasteiger partial charge is 0.390 e. The molecule has 0 saturated carbocycles. The van der Waals surface area contributed by atoms with Gasteiger partial charge in [-0.25, -0.2) is 0 Å². The molecule has 0 aliphatic heterocycles. The third kappa shape index (κ3) is 2.54. The Morgan fingerprint density at radius 1 is 1.42 bits per heavy atom. The molecule has 3 rings (SSSR count). The van der Waals surface area contributed by atoms with Crippen molar-refractivity contribution in [2.75, 3.05) is 0 Å². The molecule has 6 nitrogen and oxygen atoms in total. The molecule has 102 valence electrons. The van der Waals surface area contributed by atoms with E-state index in [4.69, 9.17) is 9.05 Å². The molecule has 2 N–H and O–H groups in total. The van der Waals surface area contributed by atoms with Gasteiger partial charge < -0.3 is 19.5 Å². The van der Waals surface area contributed by atoms with Gasteiger partial charge in [-0.3, -0.25) is 0 Å². The van der Waals surface area contributed by atoms with Crippen molar-refractivity contribution >= 4 is 0 Å². The van der Waals surface area contributed by atoms with Crippen molar-refractivity contribution in [1.29, 1.82) is 0 Å². The van der Waals surface area contributed by atoms with Crippen molar-refractivity contribution in [3.05, 3.63) is 34.5 Å². The van der Waals surface area contributed by atoms with Gasteiger partial charge >= 0.3 is 0 Å². The first-order chi connectivity index (χ1) is 9.26. The maximum Gasteiger partial charge on any atom is 0.140 e. The second-order valence-electron chi connectivity index (χ2n) is 4.94. The van der Waals surface area contributed by atoms with Crippen LogP contribution < -0.4 is 5.32 Å². The van der Waals surface area contributed by atoms with E-state index >= 15 is 0 Å². The summed E-state index contributed by atoms with van der Waals surface area (Å²) < 4.78 is 10.3. The highest BCUT2D eigenvalue weighted by atomic mass is 16.5. The Hall–Kier alpha value is -1.66. The summed E-state index contributed by atoms with van der Waals surface area (Å²) in [5.74, 6) is 1.74. The lowest BCUT2D eigenvalue weighted by molar-refractivity contribution is 0.265. The summed E-state index contributed by atoms with van der Waals surface area (Å²) in [6.07, 6.45) is 2.70. The van der Waals surface area contributed by atoms with Gasteiger partial charge in [0.2, 0.25) is 0 Å². The number of hydrogen-bond acceptors (Lipinski definition) is 6. The average Bonchev–Trinajstić information content (AvgIpc) is 3.01. The van der Waals surface area contributed by atoms with Crippen molar-refractivity contribution in [2.24, 2.45) is 0 Å². The molecule has 0 fully saturated rings. The molecule has 0 bridgehead atoms. The number of aliphatic hydroxyl groups is 1. The van der Waals surface area contributed by atoms with Crippen molar-refractivity contribution in [1.82, 2.24) is 15.6 Å². The summed E-state index contributed by atoms with van der Waals surface area (Å²) in [5.41, 5.74) is 2.64. The van der Waals surface area contributed by atoms with Gasteiger partial charge in [0.25, 0.3) is 0 Å². The Kier molecular flexibility index (Phi) is 3.35. The quantitative estimate of drug-likeness (QED) is 0.859. The van der Waals surface area contributed by atoms with Gasteiger partial charge in [0, 0.05) is 30.6 Å². The Balaban J connectivity index is 1.62. The molecule has 2 heterocycles. The van der Waals surface area contributed by atoms with Crippen molar-refractivity contribution < 1.29 is 14.2 Å². The fourth-order valence-corrected chi connectivity index (χ4v) is 2.51. The van der Waals surface area contributed by atoms with Gasteiger partial charge in [0.1, 0.15) is 17.2 Å². The molecule has 2 aromatic rings. The van der Waals surface area contributed by atoms with Crippen LogP contribution in [0, 0.1) is 6.92 Å². The maximum absolute atomic E-state index is 9.21. The molecule has 0 radical (unpaired) electrons. The first-order valence-electron chi connectivity index (χ1n) is 6.49. The molecule has 2 aromatic heterocycles. The van der Waals surface area contributed by atoms with Crippen LogP contribution in [0.3, 0.4) is 0 Å². The van der Waals surface area contributed by atoms with Crippen LogP contribution in [0.1, 0.15) is 34.9 Å². The van der Waals surface area contributed by atoms with E-state index < -0.39 is 0 Å². The standard InChI is InChI=1S/C13H17N3O3/c1-8-4-10(15-18-8)6-14-9-2-3-13-11(5-9)12(7-17)16-19-13/h4,9,14,17H,2-3,5-7H2,1H3. The number of aromatic nitrogens is 2. The molecule has 0 spiro atoms. The van der Waals surface area contributed by atoms with Crippen LogP contribution in [0.15, 0.2) is 15.1 Å². The topological polar surface area (TPSA) is 84.3 Å². The number of aliphatic hydroxyl groups excluding tert-OH is 1. The van der Waals surface area contributed by atoms with E-state index in [-0.39, 0.29) is 6.61 Å². The summed E-state index contributed by atoms with van der Waals surface area (Å²) in [6.45, 7) is 2.51. The number of nitrogens with one attached hydrogen (secondary N) is 1. The number of rotatable bonds is 4. The SMILES string of the molecule is Cc1cc(CNC2CCc3onc(CO)c3C2)no1. The molecular weight excluding hydrogens is 246 g/mol. The third-order valence-corrected chi connectivity index (χ3v) is 3.52. The van der Waals surface area contributed by atoms with E-state index in [9.17, 15) is 5.11 Å². The van der Waals surface area contributed by atoms with Gasteiger partial charge in [-0.05, 0) is 19.8 Å². The van der Waals surface area contributed by atoms with Crippen LogP contribution >= 0.6 is 0 Å². The minimum absolute atomic E-state index is 0.0615. The Labute approximate surface area is 110 Å². The van der Waals surface area contributed by atoms with Gasteiger partial charge in [-0.15, -0.1) is 0 Å². The summed E-state index contributed by atoms with van der Waals surface area (Å²) in [5, 5.41) is 20.5. The molecule has 1 unspecified atom stereocenters. The van der Waals surface area contributed by atoms with E-state index in [1.54, 1.807) is 0 Å². The summed E-state index contributed by atoms with van der Waals surface area (Å²) in [7, 11) is 0. The lowest BCUT2D eigenvalue weighted by Crippen LogP contribution is -2.34. The van der Waals surface area contributed by atoms with Gasteiger partial charge in [-0.1, -0.05) is 10.3 Å². The molecule has 1 aliphatic rings. The van der Waals surface area contributed by atoms with Gasteiger partial charge in [0.15, 0.2) is 0 Å². The molecular formula is C13H17N3O3. The third-order valence-electron chi connectivity index (χ3n) is 3.52. The summed E-state index contributed by atoms with van der Waals surface area (Å²) in [6, 6.07) is 2.29. The van der Waals surface area contributed by atoms with Crippen LogP contribution in [0.4, 0.5) is 0 Å². The number of fused-ring (bicyclic) bond motifs is 1. The van der Waals surface area contributed by atoms with Crippen LogP contribution in [0.2, 0.25) is 0 Å². The van der Waals surface area contributed by atoms with Crippen molar-refractivity contribution in [3.8, 4) is 0 Å². The highest BCUT2D eigenvalue weighted by molar-refractivity contribution is 5.26. The highest BCUT2D eigenvalue weighted by Crippen LogP contribution is 2.24. The first kappa shape index (κ1) is 12.4. The van der Waals surface area contributed by atoms with Crippen molar-refractivity contribution in [2.45, 2.75) is 45.4 Å². The van der Waals surface area contributed by atoms with Crippen LogP contribution in [-0.4, -0.2) is 21.5 Å². The highest BCUT2D eigenvalue weighted by Gasteiger charge is 2.25. The molecule has 0 aromatic carbocycles. The van der Waals surface area contributed by atoms with Crippen LogP contribution in [0.25, 0.3) is 0 Å². The Bertz CT molecular complexity index is 548. The molecule has 0 saturated heterocycles. The lowest BCUT2D eigenvalue weighted by Gasteiger charge is -2.22. The fraction of sp³-hybridized carbons (Fsp3) is 0.538. The predicted octanol–water partition coefficient (Wildman–Crippen LogP) is 1.11. The Morgan fingerprint density at radius 3 is 3.05 bits per heavy atom. The smallest absolute Gasteiger partial charge is 0.140 e. The zero-order valence-corrected chi connectivity index (χ0v) is 10.8. The van der Waals surface area contributed by atoms with Crippen LogP contribution in [-0.2, 0) is 26.0 Å². The van der Waals surface area contributed by atoms with E-state index in [1.165, 1.54) is 0 Å². The lowest BCUT2D eigenvalue weighted by atomic mass is 9.92. The molecule has 6 heteroatoms. The van der Waals surface area contributed by atoms with Gasteiger partial charge in [0.05, 0.1) is 12.3 Å². The van der Waals surface area contributed by atoms with E-state index in [0.717, 1.165) is 42.0 Å². The monoisotopic (exact) mass is 263 g/mol. The number of hydrogen-bond donors (Lipinski definition) is 2. The minimum Gasteiger partial charge on any atom is -0.390 e. The number of aryl methyl sites for hydroxylation is 2. The fourth-order valence-electron chi connectivity index (χ4n) is 2.51. The van der Waals surface area contributed by atoms with E-state index in [2.05, 4.69) is 15.6 Å². The summed E-state index contributed by atoms with van der Waals surface area (Å²) in [4.78, 5) is 0. The summed E-state index contributed by atoms with van der Waals surface area (Å²) >= 11 is 0. The van der Waals surface area contributed by atoms with E-state index in [1.807, 2.05) is 13.0 Å². The van der Waals surface area contributed by atoms with Crippen molar-refractivity contribution in [3.63, 3.8) is 0 Å². The second-order valence-corrected chi connectivity index (χ2v) is 4.94. The normalized spacial score (nSPS) is 18.5. The molecule has 1 aliphatic carbocycles. The van der Waals surface area contributed by atoms with E-state index in [0.29, 0.717) is 18.3 Å². The zero-order chi connectivity index (χ0) is 13.2. The predicted molar refractivity (Wildman–Crippen MR) is 66.3 cm³/mol. The number of nitrogens with zero attached hydrogens (tertiary/aromatic N) is 2. The zero-order valence-electron chi connectivity index (χ0n) is 10.8. The maximum atomic E-state index is 9.21.